The second-order valence-corrected chi connectivity index (χ2v) is 5.95. The van der Waals surface area contributed by atoms with Gasteiger partial charge in [0, 0.05) is 12.3 Å². The summed E-state index contributed by atoms with van der Waals surface area (Å²) in [5, 5.41) is 0. The first-order chi connectivity index (χ1) is 11.1. The van der Waals surface area contributed by atoms with Crippen molar-refractivity contribution in [3.05, 3.63) is 13.2 Å². The lowest BCUT2D eigenvalue weighted by Crippen LogP contribution is -2.48. The van der Waals surface area contributed by atoms with Crippen LogP contribution in [-0.2, 0) is 28.5 Å². The summed E-state index contributed by atoms with van der Waals surface area (Å²) in [6.07, 6.45) is 1.28. The normalized spacial score (nSPS) is 24.4. The second-order valence-electron chi connectivity index (χ2n) is 5.95. The Hall–Kier alpha value is -1.40. The fraction of sp³-hybridized carbons (Fsp3) is 0.778. The lowest BCUT2D eigenvalue weighted by Gasteiger charge is -2.44. The fourth-order valence-corrected chi connectivity index (χ4v) is 1.71. The molecule has 1 aliphatic rings. The third-order valence-electron chi connectivity index (χ3n) is 3.75. The largest absolute Gasteiger partial charge is 0.463 e. The Bertz CT molecular complexity index is 353. The van der Waals surface area contributed by atoms with E-state index in [2.05, 4.69) is 50.3 Å². The Balaban J connectivity index is 0. The molecule has 1 rings (SSSR count). The summed E-state index contributed by atoms with van der Waals surface area (Å²) in [7, 11) is 0. The van der Waals surface area contributed by atoms with Gasteiger partial charge in [0.15, 0.2) is 12.9 Å². The van der Waals surface area contributed by atoms with Gasteiger partial charge in [-0.3, -0.25) is 4.79 Å². The Morgan fingerprint density at radius 2 is 1.50 bits per heavy atom. The highest BCUT2D eigenvalue weighted by Gasteiger charge is 2.39. The number of esters is 2. The van der Waals surface area contributed by atoms with Gasteiger partial charge in [-0.15, -0.1) is 13.2 Å². The molecular formula is C18H34O6. The fourth-order valence-electron chi connectivity index (χ4n) is 1.71. The van der Waals surface area contributed by atoms with E-state index in [1.807, 2.05) is 13.8 Å². The van der Waals surface area contributed by atoms with Crippen LogP contribution in [0.4, 0.5) is 0 Å². The van der Waals surface area contributed by atoms with Gasteiger partial charge >= 0.3 is 11.9 Å². The third-order valence-corrected chi connectivity index (χ3v) is 3.75. The second kappa shape index (κ2) is 13.0. The first-order valence-corrected chi connectivity index (χ1v) is 8.21. The van der Waals surface area contributed by atoms with Crippen LogP contribution < -0.4 is 0 Å². The van der Waals surface area contributed by atoms with E-state index in [-0.39, 0.29) is 30.5 Å². The molecule has 1 saturated heterocycles. The molecule has 1 aliphatic heterocycles. The molecule has 2 unspecified atom stereocenters. The molecule has 0 aliphatic carbocycles. The minimum absolute atomic E-state index is 0.0481. The highest BCUT2D eigenvalue weighted by molar-refractivity contribution is 5.75. The lowest BCUT2D eigenvalue weighted by atomic mass is 9.81. The number of hydrogen-bond donors (Lipinski definition) is 0. The van der Waals surface area contributed by atoms with E-state index in [0.29, 0.717) is 6.61 Å². The van der Waals surface area contributed by atoms with Gasteiger partial charge < -0.3 is 18.9 Å². The molecule has 0 N–H and O–H groups in total. The van der Waals surface area contributed by atoms with Gasteiger partial charge in [-0.2, -0.15) is 0 Å². The molecule has 0 radical (unpaired) electrons. The minimum atomic E-state index is -0.498. The standard InChI is InChI=1S/C9H18O2.C7H12O4.C2H4/c1-6-9(4,5)7(2)11-8(3)10-6;1-3-4-10-7(9)5-11-6(2)8;1-2/h6-8H,1-5H3;3-5H2,1-2H3;1-2H2. The summed E-state index contributed by atoms with van der Waals surface area (Å²) in [5.41, 5.74) is 0.131. The molecule has 0 aromatic heterocycles. The Labute approximate surface area is 146 Å². The number of carbonyl (C=O) groups excluding carboxylic acids is 2. The summed E-state index contributed by atoms with van der Waals surface area (Å²) in [5.74, 6) is -0.972. The Morgan fingerprint density at radius 3 is 1.88 bits per heavy atom. The van der Waals surface area contributed by atoms with Crippen LogP contribution in [-0.4, -0.2) is 43.7 Å². The van der Waals surface area contributed by atoms with Crippen LogP contribution in [0.1, 0.15) is 54.9 Å². The van der Waals surface area contributed by atoms with Gasteiger partial charge in [-0.05, 0) is 27.2 Å². The zero-order valence-electron chi connectivity index (χ0n) is 16.2. The molecule has 0 aromatic rings. The lowest BCUT2D eigenvalue weighted by molar-refractivity contribution is -0.276. The van der Waals surface area contributed by atoms with Gasteiger partial charge in [0.1, 0.15) is 0 Å². The van der Waals surface area contributed by atoms with Crippen molar-refractivity contribution in [1.29, 1.82) is 0 Å². The SMILES string of the molecule is C=C.CC1OC(C)C(C)(C)C(C)O1.CCCOC(=O)COC(C)=O. The van der Waals surface area contributed by atoms with Crippen LogP contribution in [0.5, 0.6) is 0 Å². The van der Waals surface area contributed by atoms with Crippen molar-refractivity contribution in [2.24, 2.45) is 5.41 Å². The summed E-state index contributed by atoms with van der Waals surface area (Å²) >= 11 is 0. The van der Waals surface area contributed by atoms with Crippen molar-refractivity contribution in [3.8, 4) is 0 Å². The third kappa shape index (κ3) is 10.4. The molecule has 0 aromatic carbocycles. The number of carbonyl (C=O) groups is 2. The van der Waals surface area contributed by atoms with Crippen LogP contribution in [0.3, 0.4) is 0 Å². The van der Waals surface area contributed by atoms with E-state index in [4.69, 9.17) is 9.47 Å². The van der Waals surface area contributed by atoms with Crippen LogP contribution in [0.15, 0.2) is 13.2 Å². The van der Waals surface area contributed by atoms with Gasteiger partial charge in [0.25, 0.3) is 0 Å². The highest BCUT2D eigenvalue weighted by atomic mass is 16.7. The summed E-state index contributed by atoms with van der Waals surface area (Å²) in [4.78, 5) is 20.8. The number of rotatable bonds is 4. The summed E-state index contributed by atoms with van der Waals surface area (Å²) in [6.45, 7) is 19.7. The van der Waals surface area contributed by atoms with Crippen LogP contribution >= 0.6 is 0 Å². The van der Waals surface area contributed by atoms with Gasteiger partial charge in [0.2, 0.25) is 0 Å². The monoisotopic (exact) mass is 346 g/mol. The zero-order chi connectivity index (χ0) is 19.3. The van der Waals surface area contributed by atoms with Crippen molar-refractivity contribution in [2.45, 2.75) is 73.4 Å². The molecule has 142 valence electrons. The maximum atomic E-state index is 10.6. The van der Waals surface area contributed by atoms with Crippen molar-refractivity contribution < 1.29 is 28.5 Å². The quantitative estimate of drug-likeness (QED) is 0.573. The van der Waals surface area contributed by atoms with Gasteiger partial charge in [0.05, 0.1) is 18.8 Å². The van der Waals surface area contributed by atoms with Crippen molar-refractivity contribution in [1.82, 2.24) is 0 Å². The molecule has 6 nitrogen and oxygen atoms in total. The molecular weight excluding hydrogens is 312 g/mol. The molecule has 0 amide bonds. The average molecular weight is 346 g/mol. The van der Waals surface area contributed by atoms with Crippen LogP contribution in [0.25, 0.3) is 0 Å². The zero-order valence-corrected chi connectivity index (χ0v) is 16.2. The van der Waals surface area contributed by atoms with Gasteiger partial charge in [-0.25, -0.2) is 4.79 Å². The summed E-state index contributed by atoms with van der Waals surface area (Å²) in [6, 6.07) is 0. The van der Waals surface area contributed by atoms with Crippen LogP contribution in [0, 0.1) is 5.41 Å². The maximum absolute atomic E-state index is 10.6. The predicted octanol–water partition coefficient (Wildman–Crippen LogP) is 3.49. The highest BCUT2D eigenvalue weighted by Crippen LogP contribution is 2.35. The maximum Gasteiger partial charge on any atom is 0.344 e. The molecule has 6 heteroatoms. The van der Waals surface area contributed by atoms with Crippen molar-refractivity contribution in [3.63, 3.8) is 0 Å². The van der Waals surface area contributed by atoms with Crippen molar-refractivity contribution in [2.75, 3.05) is 13.2 Å². The molecule has 1 fully saturated rings. The van der Waals surface area contributed by atoms with Gasteiger partial charge in [-0.1, -0.05) is 20.8 Å². The average Bonchev–Trinajstić information content (AvgIpc) is 2.51. The first-order valence-electron chi connectivity index (χ1n) is 8.21. The molecule has 0 bridgehead atoms. The minimum Gasteiger partial charge on any atom is -0.463 e. The smallest absolute Gasteiger partial charge is 0.344 e. The number of hydrogen-bond acceptors (Lipinski definition) is 6. The van der Waals surface area contributed by atoms with E-state index in [1.54, 1.807) is 0 Å². The number of ether oxygens (including phenoxy) is 4. The molecule has 1 heterocycles. The molecule has 2 atom stereocenters. The predicted molar refractivity (Wildman–Crippen MR) is 93.5 cm³/mol. The van der Waals surface area contributed by atoms with E-state index < -0.39 is 11.9 Å². The summed E-state index contributed by atoms with van der Waals surface area (Å²) < 4.78 is 20.1. The van der Waals surface area contributed by atoms with Crippen LogP contribution in [0.2, 0.25) is 0 Å². The van der Waals surface area contributed by atoms with E-state index >= 15 is 0 Å². The first kappa shape index (κ1) is 24.8. The molecule has 0 saturated carbocycles. The van der Waals surface area contributed by atoms with E-state index in [9.17, 15) is 9.59 Å². The topological polar surface area (TPSA) is 71.1 Å². The molecule has 0 spiro atoms. The Morgan fingerprint density at radius 1 is 1.04 bits per heavy atom. The van der Waals surface area contributed by atoms with E-state index in [0.717, 1.165) is 6.42 Å². The molecule has 24 heavy (non-hydrogen) atoms. The Kier molecular flexibility index (Phi) is 13.4. The van der Waals surface area contributed by atoms with Crippen molar-refractivity contribution >= 4 is 11.9 Å². The van der Waals surface area contributed by atoms with E-state index in [1.165, 1.54) is 6.92 Å².